The molecule has 1 aliphatic heterocycles. The molecule has 3 rings (SSSR count). The highest BCUT2D eigenvalue weighted by Crippen LogP contribution is 2.42. The lowest BCUT2D eigenvalue weighted by atomic mass is 10.0. The molecule has 0 aliphatic carbocycles. The number of nitrogens with zero attached hydrogens (tertiary/aromatic N) is 1. The summed E-state index contributed by atoms with van der Waals surface area (Å²) >= 11 is 0. The minimum Gasteiger partial charge on any atom is -0.300 e. The zero-order chi connectivity index (χ0) is 13.5. The zero-order valence-corrected chi connectivity index (χ0v) is 9.85. The Labute approximate surface area is 108 Å². The van der Waals surface area contributed by atoms with Gasteiger partial charge in [0.2, 0.25) is 0 Å². The smallest absolute Gasteiger partial charge is 0.300 e. The van der Waals surface area contributed by atoms with Crippen molar-refractivity contribution in [2.24, 2.45) is 0 Å². The van der Waals surface area contributed by atoms with Crippen molar-refractivity contribution in [3.63, 3.8) is 0 Å². The van der Waals surface area contributed by atoms with E-state index in [1.54, 1.807) is 12.4 Å². The molecule has 19 heavy (non-hydrogen) atoms. The van der Waals surface area contributed by atoms with E-state index in [0.29, 0.717) is 0 Å². The Morgan fingerprint density at radius 1 is 0.842 bits per heavy atom. The van der Waals surface area contributed by atoms with Crippen LogP contribution in [0.1, 0.15) is 28.8 Å². The summed E-state index contributed by atoms with van der Waals surface area (Å²) in [5, 5.41) is 3.25. The van der Waals surface area contributed by atoms with E-state index in [9.17, 15) is 13.2 Å². The highest BCUT2D eigenvalue weighted by atomic mass is 19.4. The molecule has 1 fully saturated rings. The first-order valence-electron chi connectivity index (χ1n) is 5.89. The number of aromatic nitrogens is 1. The number of rotatable bonds is 2. The molecule has 1 aromatic heterocycles. The quantitative estimate of drug-likeness (QED) is 0.843. The first-order chi connectivity index (χ1) is 9.05. The average Bonchev–Trinajstić information content (AvgIpc) is 3.19. The first-order valence-corrected chi connectivity index (χ1v) is 5.89. The van der Waals surface area contributed by atoms with E-state index >= 15 is 0 Å². The van der Waals surface area contributed by atoms with Crippen molar-refractivity contribution in [1.82, 2.24) is 10.3 Å². The Morgan fingerprint density at radius 3 is 1.89 bits per heavy atom. The second-order valence-corrected chi connectivity index (χ2v) is 4.52. The van der Waals surface area contributed by atoms with Gasteiger partial charge in [-0.2, -0.15) is 13.2 Å². The third-order valence-corrected chi connectivity index (χ3v) is 3.25. The van der Waals surface area contributed by atoms with Gasteiger partial charge in [-0.25, -0.2) is 0 Å². The third-order valence-electron chi connectivity index (χ3n) is 3.25. The second kappa shape index (κ2) is 4.35. The van der Waals surface area contributed by atoms with Gasteiger partial charge >= 0.3 is 6.18 Å². The first kappa shape index (κ1) is 12.2. The number of pyridine rings is 1. The molecule has 1 aromatic carbocycles. The summed E-state index contributed by atoms with van der Waals surface area (Å²) in [6.07, 6.45) is -0.863. The van der Waals surface area contributed by atoms with Crippen LogP contribution in [-0.4, -0.2) is 4.98 Å². The van der Waals surface area contributed by atoms with Gasteiger partial charge < -0.3 is 0 Å². The summed E-state index contributed by atoms with van der Waals surface area (Å²) in [4.78, 5) is 3.94. The molecule has 0 saturated carbocycles. The van der Waals surface area contributed by atoms with Crippen molar-refractivity contribution >= 4 is 0 Å². The Bertz CT molecular complexity index is 563. The summed E-state index contributed by atoms with van der Waals surface area (Å²) in [7, 11) is 0. The summed E-state index contributed by atoms with van der Waals surface area (Å²) in [6, 6.07) is 9.37. The van der Waals surface area contributed by atoms with E-state index in [0.717, 1.165) is 23.3 Å². The monoisotopic (exact) mass is 264 g/mol. The van der Waals surface area contributed by atoms with Gasteiger partial charge in [0.1, 0.15) is 0 Å². The number of nitrogens with one attached hydrogen (secondary N) is 1. The predicted octanol–water partition coefficient (Wildman–Crippen LogP) is 3.49. The number of alkyl halides is 3. The van der Waals surface area contributed by atoms with Crippen LogP contribution in [-0.2, 0) is 6.18 Å². The molecule has 2 aromatic rings. The number of halogens is 3. The number of benzene rings is 1. The van der Waals surface area contributed by atoms with Crippen molar-refractivity contribution in [2.75, 3.05) is 0 Å². The molecule has 0 spiro atoms. The molecule has 1 saturated heterocycles. The molecule has 0 bridgehead atoms. The molecule has 1 N–H and O–H groups in total. The van der Waals surface area contributed by atoms with E-state index in [2.05, 4.69) is 10.3 Å². The Hall–Kier alpha value is -1.88. The van der Waals surface area contributed by atoms with E-state index in [-0.39, 0.29) is 12.1 Å². The third kappa shape index (κ3) is 2.46. The van der Waals surface area contributed by atoms with E-state index in [1.165, 1.54) is 12.1 Å². The van der Waals surface area contributed by atoms with E-state index < -0.39 is 11.7 Å². The maximum Gasteiger partial charge on any atom is 0.416 e. The van der Waals surface area contributed by atoms with Crippen LogP contribution >= 0.6 is 0 Å². The van der Waals surface area contributed by atoms with Crippen LogP contribution in [0.15, 0.2) is 48.8 Å². The molecule has 0 radical (unpaired) electrons. The minimum absolute atomic E-state index is 0.0877. The van der Waals surface area contributed by atoms with Gasteiger partial charge in [-0.15, -0.1) is 0 Å². The fourth-order valence-electron chi connectivity index (χ4n) is 2.17. The van der Waals surface area contributed by atoms with E-state index in [1.807, 2.05) is 12.1 Å². The van der Waals surface area contributed by atoms with Crippen molar-refractivity contribution in [3.8, 4) is 0 Å². The van der Waals surface area contributed by atoms with Crippen LogP contribution < -0.4 is 5.32 Å². The molecule has 1 aliphatic rings. The molecule has 2 nitrogen and oxygen atoms in total. The summed E-state index contributed by atoms with van der Waals surface area (Å²) in [6.45, 7) is 0. The van der Waals surface area contributed by atoms with Crippen LogP contribution in [0.25, 0.3) is 0 Å². The SMILES string of the molecule is FC(F)(F)c1ccc([C@H]2N[C@H]2c2ccncc2)cc1. The van der Waals surface area contributed by atoms with Crippen molar-refractivity contribution in [1.29, 1.82) is 0 Å². The van der Waals surface area contributed by atoms with Gasteiger partial charge in [-0.05, 0) is 35.4 Å². The topological polar surface area (TPSA) is 34.8 Å². The molecule has 0 unspecified atom stereocenters. The lowest BCUT2D eigenvalue weighted by Gasteiger charge is -2.06. The Morgan fingerprint density at radius 2 is 1.37 bits per heavy atom. The number of hydrogen-bond acceptors (Lipinski definition) is 2. The second-order valence-electron chi connectivity index (χ2n) is 4.52. The molecule has 2 heterocycles. The fraction of sp³-hybridized carbons (Fsp3) is 0.214. The van der Waals surface area contributed by atoms with Gasteiger partial charge in [0.15, 0.2) is 0 Å². The van der Waals surface area contributed by atoms with Crippen LogP contribution in [0.2, 0.25) is 0 Å². The fourth-order valence-corrected chi connectivity index (χ4v) is 2.17. The van der Waals surface area contributed by atoms with E-state index in [4.69, 9.17) is 0 Å². The molecular formula is C14H11F3N2. The van der Waals surface area contributed by atoms with Crippen LogP contribution in [0.4, 0.5) is 13.2 Å². The molecule has 0 amide bonds. The van der Waals surface area contributed by atoms with Gasteiger partial charge in [0, 0.05) is 12.4 Å². The lowest BCUT2D eigenvalue weighted by Crippen LogP contribution is -2.04. The van der Waals surface area contributed by atoms with Gasteiger partial charge in [0.25, 0.3) is 0 Å². The van der Waals surface area contributed by atoms with Crippen LogP contribution in [0.3, 0.4) is 0 Å². The summed E-state index contributed by atoms with van der Waals surface area (Å²) < 4.78 is 37.4. The summed E-state index contributed by atoms with van der Waals surface area (Å²) in [5.41, 5.74) is 1.35. The van der Waals surface area contributed by atoms with Crippen molar-refractivity contribution < 1.29 is 13.2 Å². The number of hydrogen-bond donors (Lipinski definition) is 1. The zero-order valence-electron chi connectivity index (χ0n) is 9.85. The average molecular weight is 264 g/mol. The molecular weight excluding hydrogens is 253 g/mol. The Kier molecular flexibility index (Phi) is 2.78. The van der Waals surface area contributed by atoms with Crippen LogP contribution in [0, 0.1) is 0 Å². The van der Waals surface area contributed by atoms with Crippen LogP contribution in [0.5, 0.6) is 0 Å². The van der Waals surface area contributed by atoms with Gasteiger partial charge in [0.05, 0.1) is 17.6 Å². The highest BCUT2D eigenvalue weighted by molar-refractivity contribution is 5.35. The minimum atomic E-state index is -4.28. The lowest BCUT2D eigenvalue weighted by molar-refractivity contribution is -0.137. The van der Waals surface area contributed by atoms with Crippen molar-refractivity contribution in [3.05, 3.63) is 65.5 Å². The van der Waals surface area contributed by atoms with Crippen molar-refractivity contribution in [2.45, 2.75) is 18.3 Å². The van der Waals surface area contributed by atoms with Gasteiger partial charge in [-0.1, -0.05) is 12.1 Å². The predicted molar refractivity (Wildman–Crippen MR) is 64.3 cm³/mol. The standard InChI is InChI=1S/C14H11F3N2/c15-14(16,17)11-3-1-9(2-4-11)12-13(19-12)10-5-7-18-8-6-10/h1-8,12-13,19H/t12-,13+/m1/s1. The Balaban J connectivity index is 1.76. The maximum absolute atomic E-state index is 12.5. The maximum atomic E-state index is 12.5. The molecule has 2 atom stereocenters. The van der Waals surface area contributed by atoms with Gasteiger partial charge in [-0.3, -0.25) is 10.3 Å². The largest absolute Gasteiger partial charge is 0.416 e. The highest BCUT2D eigenvalue weighted by Gasteiger charge is 2.39. The molecule has 98 valence electrons. The molecule has 5 heteroatoms. The normalized spacial score (nSPS) is 22.3. The summed E-state index contributed by atoms with van der Waals surface area (Å²) in [5.74, 6) is 0.